The summed E-state index contributed by atoms with van der Waals surface area (Å²) in [6.07, 6.45) is 1.71. The minimum atomic E-state index is -0.875. The third-order valence-corrected chi connectivity index (χ3v) is 2.21. The lowest BCUT2D eigenvalue weighted by atomic mass is 10.3. The predicted octanol–water partition coefficient (Wildman–Crippen LogP) is 1.01. The monoisotopic (exact) mass is 266 g/mol. The van der Waals surface area contributed by atoms with Gasteiger partial charge < -0.3 is 5.32 Å². The quantitative estimate of drug-likeness (QED) is 0.838. The average Bonchev–Trinajstić information content (AvgIpc) is 2.81. The summed E-state index contributed by atoms with van der Waals surface area (Å²) in [7, 11) is 0. The summed E-state index contributed by atoms with van der Waals surface area (Å²) in [6.45, 7) is -0.311. The molecule has 19 heavy (non-hydrogen) atoms. The van der Waals surface area contributed by atoms with Crippen molar-refractivity contribution >= 4 is 17.9 Å². The lowest BCUT2D eigenvalue weighted by molar-refractivity contribution is -0.117. The molecule has 1 amide bonds. The fourth-order valence-corrected chi connectivity index (χ4v) is 1.39. The molecule has 0 atom stereocenters. The number of halogens is 2. The molecule has 1 aromatic carbocycles. The van der Waals surface area contributed by atoms with E-state index >= 15 is 0 Å². The number of nitrogens with zero attached hydrogens (tertiary/aromatic N) is 3. The first kappa shape index (κ1) is 12.8. The van der Waals surface area contributed by atoms with Gasteiger partial charge in [0, 0.05) is 0 Å². The van der Waals surface area contributed by atoms with E-state index in [9.17, 15) is 18.4 Å². The number of hydrogen-bond donors (Lipinski definition) is 1. The molecule has 0 aliphatic carbocycles. The zero-order valence-electron chi connectivity index (χ0n) is 9.51. The molecule has 0 unspecified atom stereocenters. The Labute approximate surface area is 106 Å². The molecule has 0 aliphatic rings. The van der Waals surface area contributed by atoms with Gasteiger partial charge in [-0.15, -0.1) is 5.10 Å². The summed E-state index contributed by atoms with van der Waals surface area (Å²) in [5.74, 6) is -2.44. The van der Waals surface area contributed by atoms with Crippen LogP contribution in [0.4, 0.5) is 14.5 Å². The fraction of sp³-hybridized carbons (Fsp3) is 0.0909. The van der Waals surface area contributed by atoms with Crippen molar-refractivity contribution in [1.29, 1.82) is 0 Å². The highest BCUT2D eigenvalue weighted by atomic mass is 19.1. The standard InChI is InChI=1S/C11H8F2N4O2/c12-8-2-1-3-9(13)11(8)14-10(19)5-17-4-7(6-18)15-16-17/h1-4,6H,5H2,(H,14,19). The maximum absolute atomic E-state index is 13.3. The van der Waals surface area contributed by atoms with E-state index in [0.29, 0.717) is 6.29 Å². The number of aromatic nitrogens is 3. The van der Waals surface area contributed by atoms with Crippen molar-refractivity contribution in [3.05, 3.63) is 41.7 Å². The maximum Gasteiger partial charge on any atom is 0.246 e. The third kappa shape index (κ3) is 2.97. The molecular formula is C11H8F2N4O2. The molecule has 0 fully saturated rings. The summed E-state index contributed by atoms with van der Waals surface area (Å²) in [5, 5.41) is 9.04. The van der Waals surface area contributed by atoms with Crippen LogP contribution in [0.1, 0.15) is 10.5 Å². The Balaban J connectivity index is 2.07. The van der Waals surface area contributed by atoms with Gasteiger partial charge in [0.2, 0.25) is 5.91 Å². The van der Waals surface area contributed by atoms with Gasteiger partial charge in [-0.3, -0.25) is 9.59 Å². The highest BCUT2D eigenvalue weighted by Crippen LogP contribution is 2.17. The normalized spacial score (nSPS) is 10.2. The molecule has 98 valence electrons. The zero-order valence-corrected chi connectivity index (χ0v) is 9.51. The van der Waals surface area contributed by atoms with Gasteiger partial charge in [0.1, 0.15) is 29.6 Å². The van der Waals surface area contributed by atoms with E-state index in [4.69, 9.17) is 0 Å². The van der Waals surface area contributed by atoms with Crippen molar-refractivity contribution in [3.63, 3.8) is 0 Å². The van der Waals surface area contributed by atoms with E-state index in [1.54, 1.807) is 0 Å². The van der Waals surface area contributed by atoms with Crippen molar-refractivity contribution in [2.45, 2.75) is 6.54 Å². The molecule has 8 heteroatoms. The largest absolute Gasteiger partial charge is 0.320 e. The molecule has 0 aliphatic heterocycles. The van der Waals surface area contributed by atoms with Crippen LogP contribution in [-0.2, 0) is 11.3 Å². The Morgan fingerprint density at radius 3 is 2.63 bits per heavy atom. The summed E-state index contributed by atoms with van der Waals surface area (Å²) in [6, 6.07) is 3.24. The Kier molecular flexibility index (Phi) is 3.60. The molecule has 1 heterocycles. The number of hydrogen-bond acceptors (Lipinski definition) is 4. The second-order valence-electron chi connectivity index (χ2n) is 3.60. The first-order valence-electron chi connectivity index (χ1n) is 5.19. The molecule has 0 radical (unpaired) electrons. The second kappa shape index (κ2) is 5.34. The second-order valence-corrected chi connectivity index (χ2v) is 3.60. The van der Waals surface area contributed by atoms with Gasteiger partial charge in [-0.05, 0) is 12.1 Å². The van der Waals surface area contributed by atoms with Crippen molar-refractivity contribution < 1.29 is 18.4 Å². The highest BCUT2D eigenvalue weighted by molar-refractivity contribution is 5.90. The topological polar surface area (TPSA) is 76.9 Å². The SMILES string of the molecule is O=Cc1cn(CC(=O)Nc2c(F)cccc2F)nn1. The van der Waals surface area contributed by atoms with Crippen LogP contribution in [0.2, 0.25) is 0 Å². The first-order chi connectivity index (χ1) is 9.10. The van der Waals surface area contributed by atoms with E-state index in [1.165, 1.54) is 12.3 Å². The molecule has 0 saturated carbocycles. The predicted molar refractivity (Wildman–Crippen MR) is 60.4 cm³/mol. The third-order valence-electron chi connectivity index (χ3n) is 2.21. The van der Waals surface area contributed by atoms with E-state index in [2.05, 4.69) is 15.6 Å². The zero-order chi connectivity index (χ0) is 13.8. The van der Waals surface area contributed by atoms with E-state index in [1.807, 2.05) is 0 Å². The molecule has 1 aromatic heterocycles. The minimum Gasteiger partial charge on any atom is -0.320 e. The molecular weight excluding hydrogens is 258 g/mol. The molecule has 2 aromatic rings. The van der Waals surface area contributed by atoms with Crippen molar-refractivity contribution in [2.24, 2.45) is 0 Å². The number of amides is 1. The lowest BCUT2D eigenvalue weighted by Crippen LogP contribution is -2.20. The molecule has 2 rings (SSSR count). The first-order valence-corrected chi connectivity index (χ1v) is 5.19. The lowest BCUT2D eigenvalue weighted by Gasteiger charge is -2.06. The minimum absolute atomic E-state index is 0.0601. The van der Waals surface area contributed by atoms with Gasteiger partial charge in [0.15, 0.2) is 6.29 Å². The fourth-order valence-electron chi connectivity index (χ4n) is 1.39. The van der Waals surface area contributed by atoms with E-state index in [-0.39, 0.29) is 12.2 Å². The maximum atomic E-state index is 13.3. The number of rotatable bonds is 4. The van der Waals surface area contributed by atoms with Gasteiger partial charge in [-0.1, -0.05) is 11.3 Å². The average molecular weight is 266 g/mol. The number of nitrogens with one attached hydrogen (secondary N) is 1. The number of aldehydes is 1. The van der Waals surface area contributed by atoms with Crippen LogP contribution in [0, 0.1) is 11.6 Å². The van der Waals surface area contributed by atoms with Crippen molar-refractivity contribution in [3.8, 4) is 0 Å². The Bertz CT molecular complexity index is 607. The van der Waals surface area contributed by atoms with Crippen molar-refractivity contribution in [1.82, 2.24) is 15.0 Å². The summed E-state index contributed by atoms with van der Waals surface area (Å²) in [5.41, 5.74) is -0.465. The Hall–Kier alpha value is -2.64. The van der Waals surface area contributed by atoms with Crippen LogP contribution < -0.4 is 5.32 Å². The Morgan fingerprint density at radius 1 is 1.37 bits per heavy atom. The number of carbonyl (C=O) groups is 2. The van der Waals surface area contributed by atoms with Gasteiger partial charge in [0.05, 0.1) is 6.20 Å². The van der Waals surface area contributed by atoms with Crippen LogP contribution in [0.15, 0.2) is 24.4 Å². The van der Waals surface area contributed by atoms with Crippen LogP contribution in [0.5, 0.6) is 0 Å². The van der Waals surface area contributed by atoms with Crippen LogP contribution >= 0.6 is 0 Å². The highest BCUT2D eigenvalue weighted by Gasteiger charge is 2.12. The van der Waals surface area contributed by atoms with E-state index in [0.717, 1.165) is 16.8 Å². The van der Waals surface area contributed by atoms with E-state index < -0.39 is 23.2 Å². The molecule has 0 saturated heterocycles. The van der Waals surface area contributed by atoms with Crippen LogP contribution in [0.25, 0.3) is 0 Å². The number of para-hydroxylation sites is 1. The summed E-state index contributed by atoms with van der Waals surface area (Å²) in [4.78, 5) is 21.9. The van der Waals surface area contributed by atoms with Crippen LogP contribution in [-0.4, -0.2) is 27.2 Å². The number of benzene rings is 1. The number of anilines is 1. The van der Waals surface area contributed by atoms with Crippen LogP contribution in [0.3, 0.4) is 0 Å². The Morgan fingerprint density at radius 2 is 2.05 bits per heavy atom. The number of carbonyl (C=O) groups excluding carboxylic acids is 2. The molecule has 6 nitrogen and oxygen atoms in total. The summed E-state index contributed by atoms with van der Waals surface area (Å²) < 4.78 is 27.6. The molecule has 0 bridgehead atoms. The summed E-state index contributed by atoms with van der Waals surface area (Å²) >= 11 is 0. The van der Waals surface area contributed by atoms with Gasteiger partial charge in [-0.2, -0.15) is 0 Å². The van der Waals surface area contributed by atoms with Gasteiger partial charge >= 0.3 is 0 Å². The molecule has 0 spiro atoms. The van der Waals surface area contributed by atoms with Gasteiger partial charge in [-0.25, -0.2) is 13.5 Å². The smallest absolute Gasteiger partial charge is 0.246 e. The molecule has 1 N–H and O–H groups in total. The van der Waals surface area contributed by atoms with Crippen molar-refractivity contribution in [2.75, 3.05) is 5.32 Å². The van der Waals surface area contributed by atoms with Gasteiger partial charge in [0.25, 0.3) is 0 Å².